The molecule has 0 atom stereocenters. The van der Waals surface area contributed by atoms with E-state index in [1.807, 2.05) is 0 Å². The van der Waals surface area contributed by atoms with Crippen LogP contribution in [0, 0.1) is 18.2 Å². The summed E-state index contributed by atoms with van der Waals surface area (Å²) in [5.41, 5.74) is -1.87. The Morgan fingerprint density at radius 3 is 2.72 bits per heavy atom. The van der Waals surface area contributed by atoms with Crippen LogP contribution in [0.5, 0.6) is 5.75 Å². The van der Waals surface area contributed by atoms with E-state index in [1.54, 1.807) is 0 Å². The minimum Gasteiger partial charge on any atom is -0.494 e. The molecule has 1 aromatic rings. The number of hydrogen-bond donors (Lipinski definition) is 0. The first-order chi connectivity index (χ1) is 11.9. The van der Waals surface area contributed by atoms with E-state index in [0.717, 1.165) is 0 Å². The molecule has 0 unspecified atom stereocenters. The molecule has 1 aromatic carbocycles. The van der Waals surface area contributed by atoms with Crippen LogP contribution in [-0.2, 0) is 10.5 Å². The molecule has 0 spiro atoms. The number of nitrogens with zero attached hydrogens (tertiary/aromatic N) is 3. The molecule has 3 rings (SSSR count). The zero-order valence-electron chi connectivity index (χ0n) is 14.0. The van der Waals surface area contributed by atoms with E-state index < -0.39 is 17.1 Å². The van der Waals surface area contributed by atoms with Crippen LogP contribution in [0.3, 0.4) is 0 Å². The number of amides is 1. The Morgan fingerprint density at radius 1 is 1.40 bits per heavy atom. The van der Waals surface area contributed by atoms with Crippen molar-refractivity contribution in [3.8, 4) is 18.1 Å². The molecule has 7 heteroatoms. The van der Waals surface area contributed by atoms with Crippen LogP contribution in [-0.4, -0.2) is 36.7 Å². The fourth-order valence-corrected chi connectivity index (χ4v) is 2.99. The highest BCUT2D eigenvalue weighted by molar-refractivity contribution is 5.77. The van der Waals surface area contributed by atoms with Crippen LogP contribution in [0.15, 0.2) is 28.4 Å². The molecular weight excluding hydrogens is 328 g/mol. The van der Waals surface area contributed by atoms with Crippen LogP contribution in [0.4, 0.5) is 8.78 Å². The first kappa shape index (κ1) is 17.3. The lowest BCUT2D eigenvalue weighted by Gasteiger charge is -2.45. The second-order valence-electron chi connectivity index (χ2n) is 6.45. The van der Waals surface area contributed by atoms with Gasteiger partial charge in [0.15, 0.2) is 22.9 Å². The summed E-state index contributed by atoms with van der Waals surface area (Å²) >= 11 is 0. The predicted molar refractivity (Wildman–Crippen MR) is 87.2 cm³/mol. The van der Waals surface area contributed by atoms with Crippen LogP contribution >= 0.6 is 0 Å². The van der Waals surface area contributed by atoms with Gasteiger partial charge in [0, 0.05) is 25.7 Å². The quantitative estimate of drug-likeness (QED) is 0.711. The van der Waals surface area contributed by atoms with Crippen LogP contribution < -0.4 is 4.74 Å². The van der Waals surface area contributed by atoms with Crippen molar-refractivity contribution in [3.05, 3.63) is 29.6 Å². The largest absolute Gasteiger partial charge is 0.494 e. The van der Waals surface area contributed by atoms with Crippen molar-refractivity contribution in [3.63, 3.8) is 0 Å². The second-order valence-corrected chi connectivity index (χ2v) is 6.45. The molecule has 5 nitrogen and oxygen atoms in total. The highest BCUT2D eigenvalue weighted by atomic mass is 19.1. The summed E-state index contributed by atoms with van der Waals surface area (Å²) in [5.74, 6) is 1.85. The molecular formula is C18H19F2N3O2. The lowest BCUT2D eigenvalue weighted by molar-refractivity contribution is -0.146. The smallest absolute Gasteiger partial charge is 0.222 e. The Labute approximate surface area is 145 Å². The van der Waals surface area contributed by atoms with Crippen molar-refractivity contribution in [2.75, 3.05) is 20.2 Å². The van der Waals surface area contributed by atoms with Gasteiger partial charge in [-0.3, -0.25) is 4.79 Å². The Morgan fingerprint density at radius 2 is 2.12 bits per heavy atom. The normalized spacial score (nSPS) is 19.0. The summed E-state index contributed by atoms with van der Waals surface area (Å²) in [7, 11) is 1.33. The van der Waals surface area contributed by atoms with Crippen molar-refractivity contribution < 1.29 is 18.3 Å². The number of terminal acetylenes is 1. The van der Waals surface area contributed by atoms with Gasteiger partial charge in [-0.25, -0.2) is 8.78 Å². The number of ether oxygens (including phenoxy) is 1. The number of carbonyl (C=O) groups excluding carboxylic acids is 1. The summed E-state index contributed by atoms with van der Waals surface area (Å²) in [6.07, 6.45) is 7.17. The van der Waals surface area contributed by atoms with Crippen molar-refractivity contribution in [2.45, 2.75) is 37.0 Å². The second kappa shape index (κ2) is 6.43. The molecule has 0 saturated carbocycles. The predicted octanol–water partition coefficient (Wildman–Crippen LogP) is 3.20. The Kier molecular flexibility index (Phi) is 4.46. The maximum Gasteiger partial charge on any atom is 0.222 e. The number of halogens is 2. The standard InChI is InChI=1S/C18H19F2N3O2/c1-3-4-8-18(21-22-18)9-7-16(24)23-11-17(20,12-23)13-5-6-14(19)15(10-13)25-2/h1,5-6,10H,4,7-9,11-12H2,2H3. The summed E-state index contributed by atoms with van der Waals surface area (Å²) in [6, 6.07) is 3.90. The molecule has 1 saturated heterocycles. The summed E-state index contributed by atoms with van der Waals surface area (Å²) < 4.78 is 33.3. The Balaban J connectivity index is 1.53. The number of likely N-dealkylation sites (tertiary alicyclic amines) is 1. The lowest BCUT2D eigenvalue weighted by Crippen LogP contribution is -2.58. The number of rotatable bonds is 7. The third-order valence-corrected chi connectivity index (χ3v) is 4.70. The lowest BCUT2D eigenvalue weighted by atomic mass is 9.87. The number of methoxy groups -OCH3 is 1. The number of hydrogen-bond acceptors (Lipinski definition) is 4. The van der Waals surface area contributed by atoms with Gasteiger partial charge in [0.1, 0.15) is 0 Å². The highest BCUT2D eigenvalue weighted by Gasteiger charge is 2.48. The third kappa shape index (κ3) is 3.48. The molecule has 0 bridgehead atoms. The molecule has 0 aliphatic carbocycles. The zero-order chi connectivity index (χ0) is 18.1. The van der Waals surface area contributed by atoms with Crippen molar-refractivity contribution in [1.82, 2.24) is 4.90 Å². The zero-order valence-corrected chi connectivity index (χ0v) is 14.0. The molecule has 2 aliphatic rings. The van der Waals surface area contributed by atoms with Gasteiger partial charge in [-0.2, -0.15) is 10.2 Å². The topological polar surface area (TPSA) is 54.3 Å². The third-order valence-electron chi connectivity index (χ3n) is 4.70. The number of benzene rings is 1. The van der Waals surface area contributed by atoms with Gasteiger partial charge in [0.25, 0.3) is 0 Å². The van der Waals surface area contributed by atoms with Gasteiger partial charge in [0.05, 0.1) is 20.2 Å². The van der Waals surface area contributed by atoms with Crippen LogP contribution in [0.2, 0.25) is 0 Å². The maximum atomic E-state index is 14.9. The van der Waals surface area contributed by atoms with E-state index >= 15 is 0 Å². The minimum absolute atomic E-state index is 0.00767. The van der Waals surface area contributed by atoms with Crippen LogP contribution in [0.1, 0.15) is 31.2 Å². The molecule has 132 valence electrons. The van der Waals surface area contributed by atoms with Crippen molar-refractivity contribution >= 4 is 5.91 Å². The van der Waals surface area contributed by atoms with E-state index in [-0.39, 0.29) is 31.2 Å². The van der Waals surface area contributed by atoms with E-state index in [1.165, 1.54) is 30.2 Å². The van der Waals surface area contributed by atoms with E-state index in [9.17, 15) is 13.6 Å². The van der Waals surface area contributed by atoms with Crippen molar-refractivity contribution in [2.24, 2.45) is 10.2 Å². The fourth-order valence-electron chi connectivity index (χ4n) is 2.99. The minimum atomic E-state index is -1.67. The molecule has 25 heavy (non-hydrogen) atoms. The van der Waals surface area contributed by atoms with Gasteiger partial charge in [-0.05, 0) is 17.7 Å². The molecule has 0 aromatic heterocycles. The van der Waals surface area contributed by atoms with E-state index in [4.69, 9.17) is 11.2 Å². The van der Waals surface area contributed by atoms with E-state index in [2.05, 4.69) is 16.1 Å². The monoisotopic (exact) mass is 347 g/mol. The van der Waals surface area contributed by atoms with Gasteiger partial charge in [-0.15, -0.1) is 12.3 Å². The van der Waals surface area contributed by atoms with Crippen molar-refractivity contribution in [1.29, 1.82) is 0 Å². The van der Waals surface area contributed by atoms with Crippen LogP contribution in [0.25, 0.3) is 0 Å². The average molecular weight is 347 g/mol. The molecule has 0 radical (unpaired) electrons. The Hall–Kier alpha value is -2.49. The molecule has 2 aliphatic heterocycles. The summed E-state index contributed by atoms with van der Waals surface area (Å²) in [5, 5.41) is 7.97. The molecule has 1 fully saturated rings. The number of carbonyl (C=O) groups is 1. The first-order valence-corrected chi connectivity index (χ1v) is 8.10. The molecule has 2 heterocycles. The van der Waals surface area contributed by atoms with Gasteiger partial charge < -0.3 is 9.64 Å². The summed E-state index contributed by atoms with van der Waals surface area (Å²) in [6.45, 7) is -0.0987. The van der Waals surface area contributed by atoms with E-state index in [0.29, 0.717) is 24.8 Å². The average Bonchev–Trinajstić information content (AvgIpc) is 3.36. The summed E-state index contributed by atoms with van der Waals surface area (Å²) in [4.78, 5) is 13.7. The molecule has 1 amide bonds. The molecule has 0 N–H and O–H groups in total. The Bertz CT molecular complexity index is 745. The van der Waals surface area contributed by atoms with Gasteiger partial charge >= 0.3 is 0 Å². The maximum absolute atomic E-state index is 14.9. The number of alkyl halides is 1. The SMILES string of the molecule is C#CCCC1(CCC(=O)N2CC(F)(c3ccc(F)c(OC)c3)C2)N=N1. The fraction of sp³-hybridized carbons (Fsp3) is 0.500. The highest BCUT2D eigenvalue weighted by Crippen LogP contribution is 2.40. The van der Waals surface area contributed by atoms with Gasteiger partial charge in [0.2, 0.25) is 5.91 Å². The van der Waals surface area contributed by atoms with Gasteiger partial charge in [-0.1, -0.05) is 6.07 Å². The first-order valence-electron chi connectivity index (χ1n) is 8.10.